The molecule has 0 unspecified atom stereocenters. The second kappa shape index (κ2) is 4.90. The molecule has 0 aliphatic rings. The number of allylic oxidation sites excluding steroid dienone is 1. The molecule has 0 aromatic heterocycles. The van der Waals surface area contributed by atoms with Crippen LogP contribution < -0.4 is 0 Å². The summed E-state index contributed by atoms with van der Waals surface area (Å²) in [5, 5.41) is 0. The van der Waals surface area contributed by atoms with E-state index in [0.29, 0.717) is 0 Å². The lowest BCUT2D eigenvalue weighted by molar-refractivity contribution is -0.0154. The Balaban J connectivity index is 3.88. The van der Waals surface area contributed by atoms with Gasteiger partial charge >= 0.3 is 6.16 Å². The first-order valence-electron chi connectivity index (χ1n) is 4.37. The summed E-state index contributed by atoms with van der Waals surface area (Å²) in [7, 11) is 0. The van der Waals surface area contributed by atoms with Crippen LogP contribution in [0.15, 0.2) is 12.2 Å². The minimum atomic E-state index is -0.627. The predicted octanol–water partition coefficient (Wildman–Crippen LogP) is 2.90. The molecule has 0 rings (SSSR count). The lowest BCUT2D eigenvalue weighted by atomic mass is 10.2. The van der Waals surface area contributed by atoms with Gasteiger partial charge in [0.15, 0.2) is 0 Å². The average Bonchev–Trinajstić information content (AvgIpc) is 1.81. The zero-order valence-electron chi connectivity index (χ0n) is 8.96. The molecule has 0 saturated carbocycles. The van der Waals surface area contributed by atoms with Crippen molar-refractivity contribution in [3.63, 3.8) is 0 Å². The Hall–Kier alpha value is -0.990. The Morgan fingerprint density at radius 3 is 2.31 bits per heavy atom. The van der Waals surface area contributed by atoms with Crippen molar-refractivity contribution < 1.29 is 14.3 Å². The largest absolute Gasteiger partial charge is 0.509 e. The first-order chi connectivity index (χ1) is 5.85. The average molecular weight is 186 g/mol. The van der Waals surface area contributed by atoms with Crippen LogP contribution in [-0.2, 0) is 9.47 Å². The number of hydrogen-bond acceptors (Lipinski definition) is 3. The third kappa shape index (κ3) is 7.37. The Morgan fingerprint density at radius 2 is 1.92 bits per heavy atom. The van der Waals surface area contributed by atoms with E-state index in [1.54, 1.807) is 33.8 Å². The molecule has 3 heteroatoms. The highest BCUT2D eigenvalue weighted by molar-refractivity contribution is 5.60. The summed E-state index contributed by atoms with van der Waals surface area (Å²) in [6.07, 6.45) is 2.75. The van der Waals surface area contributed by atoms with Crippen molar-refractivity contribution in [3.05, 3.63) is 12.2 Å². The maximum Gasteiger partial charge on any atom is 0.509 e. The molecule has 0 fully saturated rings. The van der Waals surface area contributed by atoms with Gasteiger partial charge < -0.3 is 9.47 Å². The Bertz CT molecular complexity index is 189. The van der Waals surface area contributed by atoms with Crippen LogP contribution in [0.3, 0.4) is 0 Å². The fourth-order valence-corrected chi connectivity index (χ4v) is 0.736. The minimum Gasteiger partial charge on any atom is -0.429 e. The van der Waals surface area contributed by atoms with Crippen LogP contribution in [0.4, 0.5) is 4.79 Å². The van der Waals surface area contributed by atoms with E-state index in [0.717, 1.165) is 0 Å². The highest BCUT2D eigenvalue weighted by Crippen LogP contribution is 2.09. The monoisotopic (exact) mass is 186 g/mol. The van der Waals surface area contributed by atoms with Crippen LogP contribution in [0.2, 0.25) is 0 Å². The summed E-state index contributed by atoms with van der Waals surface area (Å²) >= 11 is 0. The molecule has 3 nitrogen and oxygen atoms in total. The molecule has 0 aliphatic heterocycles. The van der Waals surface area contributed by atoms with E-state index < -0.39 is 11.8 Å². The first kappa shape index (κ1) is 12.0. The summed E-state index contributed by atoms with van der Waals surface area (Å²) in [6, 6.07) is 0. The van der Waals surface area contributed by atoms with E-state index >= 15 is 0 Å². The van der Waals surface area contributed by atoms with Crippen molar-refractivity contribution in [1.29, 1.82) is 0 Å². The molecular weight excluding hydrogens is 168 g/mol. The van der Waals surface area contributed by atoms with Crippen molar-refractivity contribution in [2.45, 2.75) is 46.3 Å². The molecular formula is C10H18O3. The zero-order chi connectivity index (χ0) is 10.5. The molecule has 0 heterocycles. The molecule has 0 aromatic carbocycles. The van der Waals surface area contributed by atoms with Crippen LogP contribution in [0, 0.1) is 0 Å². The third-order valence-corrected chi connectivity index (χ3v) is 1.14. The number of hydrogen-bond donors (Lipinski definition) is 0. The van der Waals surface area contributed by atoms with E-state index in [-0.39, 0.29) is 6.10 Å². The summed E-state index contributed by atoms with van der Waals surface area (Å²) in [6.45, 7) is 9.05. The maximum absolute atomic E-state index is 11.1. The van der Waals surface area contributed by atoms with Gasteiger partial charge in [-0.05, 0) is 40.7 Å². The van der Waals surface area contributed by atoms with Gasteiger partial charge in [-0.25, -0.2) is 4.79 Å². The van der Waals surface area contributed by atoms with Crippen LogP contribution in [0.5, 0.6) is 0 Å². The summed E-state index contributed by atoms with van der Waals surface area (Å²) in [5.41, 5.74) is -0.493. The Kier molecular flexibility index (Phi) is 4.52. The molecule has 0 spiro atoms. The zero-order valence-corrected chi connectivity index (χ0v) is 8.96. The van der Waals surface area contributed by atoms with E-state index in [9.17, 15) is 4.79 Å². The van der Waals surface area contributed by atoms with Crippen molar-refractivity contribution >= 4 is 6.16 Å². The standard InChI is InChI=1S/C10H18O3/c1-6-7-8(2)12-9(11)13-10(3,4)5/h6-8H,1-5H3/b7-6+/t8-/m1/s1. The van der Waals surface area contributed by atoms with Crippen LogP contribution in [-0.4, -0.2) is 17.9 Å². The highest BCUT2D eigenvalue weighted by Gasteiger charge is 2.18. The third-order valence-electron chi connectivity index (χ3n) is 1.14. The number of carbonyl (C=O) groups is 1. The van der Waals surface area contributed by atoms with Crippen LogP contribution in [0.25, 0.3) is 0 Å². The highest BCUT2D eigenvalue weighted by atomic mass is 16.7. The van der Waals surface area contributed by atoms with Crippen molar-refractivity contribution in [2.24, 2.45) is 0 Å². The Labute approximate surface area is 79.7 Å². The van der Waals surface area contributed by atoms with Gasteiger partial charge in [-0.15, -0.1) is 0 Å². The van der Waals surface area contributed by atoms with Crippen LogP contribution >= 0.6 is 0 Å². The van der Waals surface area contributed by atoms with Gasteiger partial charge in [-0.2, -0.15) is 0 Å². The molecule has 0 aliphatic carbocycles. The number of carbonyl (C=O) groups excluding carboxylic acids is 1. The summed E-state index contributed by atoms with van der Waals surface area (Å²) in [4.78, 5) is 11.1. The topological polar surface area (TPSA) is 35.5 Å². The van der Waals surface area contributed by atoms with Crippen molar-refractivity contribution in [2.75, 3.05) is 0 Å². The van der Waals surface area contributed by atoms with Crippen LogP contribution in [0.1, 0.15) is 34.6 Å². The first-order valence-corrected chi connectivity index (χ1v) is 4.37. The summed E-state index contributed by atoms with van der Waals surface area (Å²) in [5.74, 6) is 0. The molecule has 0 radical (unpaired) electrons. The molecule has 0 saturated heterocycles. The molecule has 0 bridgehead atoms. The molecule has 76 valence electrons. The molecule has 13 heavy (non-hydrogen) atoms. The van der Waals surface area contributed by atoms with E-state index in [1.165, 1.54) is 0 Å². The molecule has 0 aromatic rings. The lowest BCUT2D eigenvalue weighted by Crippen LogP contribution is -2.26. The van der Waals surface area contributed by atoms with E-state index in [1.807, 2.05) is 13.0 Å². The smallest absolute Gasteiger partial charge is 0.429 e. The lowest BCUT2D eigenvalue weighted by Gasteiger charge is -2.19. The number of rotatable bonds is 2. The maximum atomic E-state index is 11.1. The fraction of sp³-hybridized carbons (Fsp3) is 0.700. The van der Waals surface area contributed by atoms with Crippen molar-refractivity contribution in [3.8, 4) is 0 Å². The summed E-state index contributed by atoms with van der Waals surface area (Å²) < 4.78 is 9.88. The van der Waals surface area contributed by atoms with Gasteiger partial charge in [-0.3, -0.25) is 0 Å². The SMILES string of the molecule is C/C=C/[C@@H](C)OC(=O)OC(C)(C)C. The van der Waals surface area contributed by atoms with Gasteiger partial charge in [-0.1, -0.05) is 6.08 Å². The van der Waals surface area contributed by atoms with E-state index in [4.69, 9.17) is 9.47 Å². The normalized spacial score (nSPS) is 14.2. The second-order valence-corrected chi connectivity index (χ2v) is 3.81. The molecule has 1 atom stereocenters. The second-order valence-electron chi connectivity index (χ2n) is 3.81. The van der Waals surface area contributed by atoms with Gasteiger partial charge in [0.05, 0.1) is 0 Å². The quantitative estimate of drug-likeness (QED) is 0.491. The Morgan fingerprint density at radius 1 is 1.38 bits per heavy atom. The van der Waals surface area contributed by atoms with Gasteiger partial charge in [0.1, 0.15) is 11.7 Å². The van der Waals surface area contributed by atoms with Gasteiger partial charge in [0.25, 0.3) is 0 Å². The van der Waals surface area contributed by atoms with Crippen molar-refractivity contribution in [1.82, 2.24) is 0 Å². The minimum absolute atomic E-state index is 0.236. The predicted molar refractivity (Wildman–Crippen MR) is 51.6 cm³/mol. The fourth-order valence-electron chi connectivity index (χ4n) is 0.736. The van der Waals surface area contributed by atoms with Gasteiger partial charge in [0, 0.05) is 0 Å². The van der Waals surface area contributed by atoms with Gasteiger partial charge in [0.2, 0.25) is 0 Å². The molecule has 0 N–H and O–H groups in total. The number of ether oxygens (including phenoxy) is 2. The van der Waals surface area contributed by atoms with E-state index in [2.05, 4.69) is 0 Å². The molecule has 0 amide bonds.